The molecule has 152 valence electrons. The molecule has 28 heavy (non-hydrogen) atoms. The van der Waals surface area contributed by atoms with Gasteiger partial charge in [-0.25, -0.2) is 9.59 Å². The molecule has 0 saturated carbocycles. The van der Waals surface area contributed by atoms with Crippen LogP contribution in [0.4, 0.5) is 11.5 Å². The van der Waals surface area contributed by atoms with E-state index in [1.165, 1.54) is 16.9 Å². The summed E-state index contributed by atoms with van der Waals surface area (Å²) in [5, 5.41) is 0. The zero-order valence-electron chi connectivity index (χ0n) is 16.1. The summed E-state index contributed by atoms with van der Waals surface area (Å²) in [4.78, 5) is 52.2. The van der Waals surface area contributed by atoms with Crippen molar-refractivity contribution in [3.05, 3.63) is 44.5 Å². The molecule has 2 aromatic rings. The Hall–Kier alpha value is -3.30. The molecule has 0 aromatic carbocycles. The van der Waals surface area contributed by atoms with Crippen LogP contribution in [0.3, 0.4) is 0 Å². The summed E-state index contributed by atoms with van der Waals surface area (Å²) in [6.07, 6.45) is 2.84. The minimum absolute atomic E-state index is 0.0976. The first-order chi connectivity index (χ1) is 13.3. The van der Waals surface area contributed by atoms with Crippen LogP contribution < -0.4 is 21.9 Å². The average molecular weight is 392 g/mol. The van der Waals surface area contributed by atoms with Crippen molar-refractivity contribution < 1.29 is 18.7 Å². The summed E-state index contributed by atoms with van der Waals surface area (Å²) < 4.78 is 11.3. The molecular weight excluding hydrogens is 368 g/mol. The van der Waals surface area contributed by atoms with Gasteiger partial charge in [0.1, 0.15) is 17.1 Å². The Balaban J connectivity index is 2.25. The molecule has 0 unspecified atom stereocenters. The second-order valence-corrected chi connectivity index (χ2v) is 6.10. The number of furan rings is 1. The molecule has 2 heterocycles. The monoisotopic (exact) mass is 392 g/mol. The van der Waals surface area contributed by atoms with E-state index in [9.17, 15) is 19.2 Å². The molecule has 0 bridgehead atoms. The maximum Gasteiger partial charge on any atom is 0.342 e. The smallest absolute Gasteiger partial charge is 0.342 e. The van der Waals surface area contributed by atoms with Crippen LogP contribution in [0.2, 0.25) is 0 Å². The van der Waals surface area contributed by atoms with Gasteiger partial charge in [0.05, 0.1) is 6.26 Å². The molecule has 0 spiro atoms. The van der Waals surface area contributed by atoms with Crippen LogP contribution in [0.15, 0.2) is 26.3 Å². The number of aryl methyl sites for hydroxylation is 1. The van der Waals surface area contributed by atoms with Crippen LogP contribution in [-0.4, -0.2) is 34.6 Å². The Morgan fingerprint density at radius 1 is 1.32 bits per heavy atom. The van der Waals surface area contributed by atoms with Gasteiger partial charge in [-0.3, -0.25) is 19.1 Å². The number of hydrogen-bond donors (Lipinski definition) is 2. The van der Waals surface area contributed by atoms with E-state index in [2.05, 4.69) is 4.98 Å². The average Bonchev–Trinajstić information content (AvgIpc) is 3.08. The van der Waals surface area contributed by atoms with Crippen molar-refractivity contribution in [2.24, 2.45) is 0 Å². The number of likely N-dealkylation sites (N-methyl/N-ethyl adjacent to an activating group) is 1. The highest BCUT2D eigenvalue weighted by molar-refractivity contribution is 5.98. The van der Waals surface area contributed by atoms with Crippen LogP contribution >= 0.6 is 0 Å². The number of unbranched alkanes of at least 4 members (excludes halogenated alkanes) is 1. The fourth-order valence-electron chi connectivity index (χ4n) is 2.72. The number of nitrogens with zero attached hydrogens (tertiary/aromatic N) is 2. The van der Waals surface area contributed by atoms with E-state index >= 15 is 0 Å². The molecule has 10 nitrogen and oxygen atoms in total. The van der Waals surface area contributed by atoms with E-state index in [-0.39, 0.29) is 23.6 Å². The summed E-state index contributed by atoms with van der Waals surface area (Å²) in [7, 11) is 0. The number of nitrogens with two attached hydrogens (primary N) is 1. The zero-order chi connectivity index (χ0) is 20.8. The van der Waals surface area contributed by atoms with E-state index in [0.717, 1.165) is 11.3 Å². The van der Waals surface area contributed by atoms with Crippen molar-refractivity contribution in [2.75, 3.05) is 23.8 Å². The number of aromatic nitrogens is 2. The van der Waals surface area contributed by atoms with Crippen LogP contribution in [0.5, 0.6) is 0 Å². The van der Waals surface area contributed by atoms with Gasteiger partial charge in [0.2, 0.25) is 0 Å². The number of nitrogen functional groups attached to an aromatic ring is 1. The molecular formula is C18H24N4O6. The normalized spacial score (nSPS) is 10.7. The lowest BCUT2D eigenvalue weighted by Crippen LogP contribution is -2.42. The third kappa shape index (κ3) is 4.33. The zero-order valence-corrected chi connectivity index (χ0v) is 16.1. The number of rotatable bonds is 8. The standard InChI is InChI=1S/C18H24N4O6/c1-4-6-8-22-15(19)14(16(24)20-18(22)26)21(5-2)13(23)10-28-17(25)12-7-9-27-11(12)3/h7,9H,4-6,8,10,19H2,1-3H3,(H,20,24,26). The third-order valence-corrected chi connectivity index (χ3v) is 4.24. The lowest BCUT2D eigenvalue weighted by atomic mass is 10.3. The molecule has 1 amide bonds. The lowest BCUT2D eigenvalue weighted by molar-refractivity contribution is -0.121. The Kier molecular flexibility index (Phi) is 6.80. The van der Waals surface area contributed by atoms with Gasteiger partial charge in [-0.05, 0) is 26.3 Å². The van der Waals surface area contributed by atoms with E-state index in [4.69, 9.17) is 14.9 Å². The number of carbonyl (C=O) groups excluding carboxylic acids is 2. The number of hydrogen-bond acceptors (Lipinski definition) is 7. The quantitative estimate of drug-likeness (QED) is 0.639. The summed E-state index contributed by atoms with van der Waals surface area (Å²) in [5.74, 6) is -1.09. The maximum absolute atomic E-state index is 12.6. The van der Waals surface area contributed by atoms with Crippen LogP contribution in [-0.2, 0) is 16.1 Å². The molecule has 0 aliphatic heterocycles. The number of nitrogens with one attached hydrogen (secondary N) is 1. The molecule has 3 N–H and O–H groups in total. The fraction of sp³-hybridized carbons (Fsp3) is 0.444. The molecule has 0 radical (unpaired) electrons. The van der Waals surface area contributed by atoms with Crippen molar-refractivity contribution in [3.8, 4) is 0 Å². The van der Waals surface area contributed by atoms with E-state index < -0.39 is 29.7 Å². The van der Waals surface area contributed by atoms with Gasteiger partial charge in [0, 0.05) is 13.1 Å². The predicted octanol–water partition coefficient (Wildman–Crippen LogP) is 1.03. The first kappa shape index (κ1) is 21.0. The van der Waals surface area contributed by atoms with Gasteiger partial charge >= 0.3 is 11.7 Å². The number of amides is 1. The lowest BCUT2D eigenvalue weighted by Gasteiger charge is -2.23. The molecule has 0 saturated heterocycles. The Bertz CT molecular complexity index is 971. The molecule has 0 fully saturated rings. The number of carbonyl (C=O) groups is 2. The number of anilines is 2. The van der Waals surface area contributed by atoms with Gasteiger partial charge in [-0.15, -0.1) is 0 Å². The Morgan fingerprint density at radius 2 is 2.04 bits per heavy atom. The summed E-state index contributed by atoms with van der Waals surface area (Å²) in [6.45, 7) is 5.00. The van der Waals surface area contributed by atoms with Crippen LogP contribution in [0.1, 0.15) is 42.8 Å². The third-order valence-electron chi connectivity index (χ3n) is 4.24. The van der Waals surface area contributed by atoms with Crippen LogP contribution in [0, 0.1) is 6.92 Å². The molecule has 10 heteroatoms. The van der Waals surface area contributed by atoms with Gasteiger partial charge in [0.25, 0.3) is 11.5 Å². The number of aromatic amines is 1. The largest absolute Gasteiger partial charge is 0.469 e. The molecule has 0 atom stereocenters. The van der Waals surface area contributed by atoms with E-state index in [1.54, 1.807) is 13.8 Å². The van der Waals surface area contributed by atoms with Gasteiger partial charge in [0.15, 0.2) is 12.3 Å². The summed E-state index contributed by atoms with van der Waals surface area (Å²) >= 11 is 0. The summed E-state index contributed by atoms with van der Waals surface area (Å²) in [6, 6.07) is 1.44. The number of ether oxygens (including phenoxy) is 1. The minimum Gasteiger partial charge on any atom is -0.469 e. The number of esters is 1. The fourth-order valence-corrected chi connectivity index (χ4v) is 2.72. The van der Waals surface area contributed by atoms with Gasteiger partial charge in [-0.2, -0.15) is 0 Å². The van der Waals surface area contributed by atoms with Crippen LogP contribution in [0.25, 0.3) is 0 Å². The molecule has 2 rings (SSSR count). The van der Waals surface area contributed by atoms with Crippen molar-refractivity contribution in [1.29, 1.82) is 0 Å². The van der Waals surface area contributed by atoms with Gasteiger partial charge in [-0.1, -0.05) is 13.3 Å². The summed E-state index contributed by atoms with van der Waals surface area (Å²) in [5.41, 5.74) is 4.68. The first-order valence-corrected chi connectivity index (χ1v) is 8.95. The maximum atomic E-state index is 12.6. The second-order valence-electron chi connectivity index (χ2n) is 6.10. The minimum atomic E-state index is -0.776. The van der Waals surface area contributed by atoms with Crippen molar-refractivity contribution >= 4 is 23.4 Å². The highest BCUT2D eigenvalue weighted by Crippen LogP contribution is 2.17. The first-order valence-electron chi connectivity index (χ1n) is 8.95. The Morgan fingerprint density at radius 3 is 2.61 bits per heavy atom. The highest BCUT2D eigenvalue weighted by atomic mass is 16.5. The van der Waals surface area contributed by atoms with E-state index in [0.29, 0.717) is 18.7 Å². The van der Waals surface area contributed by atoms with Gasteiger partial charge < -0.3 is 19.8 Å². The SMILES string of the molecule is CCCCn1c(N)c(N(CC)C(=O)COC(=O)c2ccoc2C)c(=O)[nH]c1=O. The Labute approximate surface area is 160 Å². The van der Waals surface area contributed by atoms with Crippen molar-refractivity contribution in [2.45, 2.75) is 40.2 Å². The van der Waals surface area contributed by atoms with Crippen molar-refractivity contribution in [3.63, 3.8) is 0 Å². The number of H-pyrrole nitrogens is 1. The molecule has 0 aliphatic rings. The topological polar surface area (TPSA) is 141 Å². The molecule has 0 aliphatic carbocycles. The van der Waals surface area contributed by atoms with E-state index in [1.807, 2.05) is 6.92 Å². The highest BCUT2D eigenvalue weighted by Gasteiger charge is 2.24. The predicted molar refractivity (Wildman–Crippen MR) is 102 cm³/mol. The van der Waals surface area contributed by atoms with Crippen molar-refractivity contribution in [1.82, 2.24) is 9.55 Å². The second kappa shape index (κ2) is 9.07. The molecule has 2 aromatic heterocycles.